The summed E-state index contributed by atoms with van der Waals surface area (Å²) in [6.45, 7) is 0.966. The van der Waals surface area contributed by atoms with Gasteiger partial charge in [-0.15, -0.1) is 0 Å². The van der Waals surface area contributed by atoms with Crippen molar-refractivity contribution < 1.29 is 4.79 Å². The molecule has 1 aromatic carbocycles. The van der Waals surface area contributed by atoms with E-state index < -0.39 is 0 Å². The number of carbonyl (C=O) groups excluding carboxylic acids is 1. The average molecular weight is 316 g/mol. The van der Waals surface area contributed by atoms with Crippen molar-refractivity contribution in [1.29, 1.82) is 0 Å². The summed E-state index contributed by atoms with van der Waals surface area (Å²) in [6, 6.07) is 11.9. The molecule has 1 aliphatic rings. The molecule has 0 radical (unpaired) electrons. The molecule has 0 bridgehead atoms. The Labute approximate surface area is 135 Å². The fourth-order valence-electron chi connectivity index (χ4n) is 2.86. The standard InChI is InChI=1S/C17H18ClN3O/c1-21-9-8-12-4-2-3-5-14(12)15(21)10-17(22)20-16-7-6-13(18)11-19-16/h2-7,11,15H,8-10H2,1H3,(H,19,20,22). The van der Waals surface area contributed by atoms with Crippen LogP contribution in [0, 0.1) is 0 Å². The minimum absolute atomic E-state index is 0.0385. The summed E-state index contributed by atoms with van der Waals surface area (Å²) < 4.78 is 0. The SMILES string of the molecule is CN1CCc2ccccc2C1CC(=O)Nc1ccc(Cl)cn1. The molecule has 1 aromatic heterocycles. The second-order valence-electron chi connectivity index (χ2n) is 5.56. The molecular formula is C17H18ClN3O. The van der Waals surface area contributed by atoms with Crippen LogP contribution in [-0.4, -0.2) is 29.4 Å². The molecule has 0 fully saturated rings. The van der Waals surface area contributed by atoms with Crippen LogP contribution in [0.4, 0.5) is 5.82 Å². The zero-order chi connectivity index (χ0) is 15.5. The van der Waals surface area contributed by atoms with Gasteiger partial charge in [0, 0.05) is 25.2 Å². The third-order valence-corrected chi connectivity index (χ3v) is 4.28. The van der Waals surface area contributed by atoms with Gasteiger partial charge in [0.1, 0.15) is 5.82 Å². The number of rotatable bonds is 3. The third-order valence-electron chi connectivity index (χ3n) is 4.05. The topological polar surface area (TPSA) is 45.2 Å². The van der Waals surface area contributed by atoms with E-state index in [-0.39, 0.29) is 11.9 Å². The van der Waals surface area contributed by atoms with Crippen LogP contribution in [0.25, 0.3) is 0 Å². The Balaban J connectivity index is 1.72. The smallest absolute Gasteiger partial charge is 0.227 e. The Morgan fingerprint density at radius 2 is 2.18 bits per heavy atom. The van der Waals surface area contributed by atoms with Crippen LogP contribution < -0.4 is 5.32 Å². The summed E-state index contributed by atoms with van der Waals surface area (Å²) in [5, 5.41) is 3.39. The summed E-state index contributed by atoms with van der Waals surface area (Å²) in [5.41, 5.74) is 2.58. The van der Waals surface area contributed by atoms with E-state index >= 15 is 0 Å². The Hall–Kier alpha value is -1.91. The van der Waals surface area contributed by atoms with Crippen LogP contribution in [0.5, 0.6) is 0 Å². The molecule has 2 aromatic rings. The second-order valence-corrected chi connectivity index (χ2v) is 6.00. The van der Waals surface area contributed by atoms with Crippen molar-refractivity contribution in [2.24, 2.45) is 0 Å². The fourth-order valence-corrected chi connectivity index (χ4v) is 2.97. The number of hydrogen-bond acceptors (Lipinski definition) is 3. The molecule has 22 heavy (non-hydrogen) atoms. The van der Waals surface area contributed by atoms with Crippen molar-refractivity contribution in [2.75, 3.05) is 18.9 Å². The molecule has 114 valence electrons. The monoisotopic (exact) mass is 315 g/mol. The summed E-state index contributed by atoms with van der Waals surface area (Å²) >= 11 is 5.80. The minimum atomic E-state index is -0.0385. The summed E-state index contributed by atoms with van der Waals surface area (Å²) in [4.78, 5) is 18.6. The van der Waals surface area contributed by atoms with Crippen molar-refractivity contribution in [2.45, 2.75) is 18.9 Å². The number of likely N-dealkylation sites (N-methyl/N-ethyl adjacent to an activating group) is 1. The molecule has 1 unspecified atom stereocenters. The number of halogens is 1. The van der Waals surface area contributed by atoms with Crippen LogP contribution in [0.15, 0.2) is 42.6 Å². The lowest BCUT2D eigenvalue weighted by molar-refractivity contribution is -0.117. The zero-order valence-electron chi connectivity index (χ0n) is 12.4. The number of carbonyl (C=O) groups is 1. The van der Waals surface area contributed by atoms with Crippen molar-refractivity contribution in [3.05, 3.63) is 58.7 Å². The zero-order valence-corrected chi connectivity index (χ0v) is 13.2. The number of anilines is 1. The maximum Gasteiger partial charge on any atom is 0.227 e. The molecule has 0 saturated heterocycles. The molecule has 5 heteroatoms. The number of amides is 1. The van der Waals surface area contributed by atoms with E-state index in [2.05, 4.69) is 40.4 Å². The van der Waals surface area contributed by atoms with Crippen molar-refractivity contribution in [3.8, 4) is 0 Å². The quantitative estimate of drug-likeness (QED) is 0.945. The van der Waals surface area contributed by atoms with E-state index in [1.807, 2.05) is 6.07 Å². The molecule has 4 nitrogen and oxygen atoms in total. The molecule has 1 aliphatic heterocycles. The first-order valence-electron chi connectivity index (χ1n) is 7.33. The number of nitrogens with zero attached hydrogens (tertiary/aromatic N) is 2. The number of nitrogens with one attached hydrogen (secondary N) is 1. The van der Waals surface area contributed by atoms with Gasteiger partial charge in [0.15, 0.2) is 0 Å². The van der Waals surface area contributed by atoms with E-state index in [0.717, 1.165) is 13.0 Å². The van der Waals surface area contributed by atoms with Gasteiger partial charge in [-0.3, -0.25) is 9.69 Å². The first kappa shape index (κ1) is 15.0. The normalized spacial score (nSPS) is 17.8. The molecule has 0 spiro atoms. The highest BCUT2D eigenvalue weighted by molar-refractivity contribution is 6.30. The number of pyridine rings is 1. The van der Waals surface area contributed by atoms with Crippen LogP contribution >= 0.6 is 11.6 Å². The van der Waals surface area contributed by atoms with Gasteiger partial charge in [-0.1, -0.05) is 35.9 Å². The maximum atomic E-state index is 12.3. The predicted molar refractivity (Wildman–Crippen MR) is 88.0 cm³/mol. The molecule has 2 heterocycles. The van der Waals surface area contributed by atoms with Crippen molar-refractivity contribution in [3.63, 3.8) is 0 Å². The lowest BCUT2D eigenvalue weighted by Gasteiger charge is -2.34. The molecule has 0 aliphatic carbocycles. The van der Waals surface area contributed by atoms with Crippen LogP contribution in [0.1, 0.15) is 23.6 Å². The Bertz CT molecular complexity index is 672. The van der Waals surface area contributed by atoms with E-state index in [0.29, 0.717) is 17.3 Å². The summed E-state index contributed by atoms with van der Waals surface area (Å²) in [6.07, 6.45) is 2.97. The number of aromatic nitrogens is 1. The lowest BCUT2D eigenvalue weighted by Crippen LogP contribution is -2.34. The lowest BCUT2D eigenvalue weighted by atomic mass is 9.91. The highest BCUT2D eigenvalue weighted by Crippen LogP contribution is 2.31. The maximum absolute atomic E-state index is 12.3. The number of hydrogen-bond donors (Lipinski definition) is 1. The average Bonchev–Trinajstić information content (AvgIpc) is 2.52. The van der Waals surface area contributed by atoms with E-state index in [9.17, 15) is 4.79 Å². The molecule has 3 rings (SSSR count). The van der Waals surface area contributed by atoms with Gasteiger partial charge in [0.05, 0.1) is 5.02 Å². The van der Waals surface area contributed by atoms with E-state index in [4.69, 9.17) is 11.6 Å². The Morgan fingerprint density at radius 3 is 2.95 bits per heavy atom. The van der Waals surface area contributed by atoms with Crippen LogP contribution in [0.3, 0.4) is 0 Å². The molecular weight excluding hydrogens is 298 g/mol. The largest absolute Gasteiger partial charge is 0.311 e. The molecule has 1 N–H and O–H groups in total. The van der Waals surface area contributed by atoms with E-state index in [1.54, 1.807) is 12.1 Å². The highest BCUT2D eigenvalue weighted by Gasteiger charge is 2.26. The van der Waals surface area contributed by atoms with Crippen LogP contribution in [0.2, 0.25) is 5.02 Å². The summed E-state index contributed by atoms with van der Waals surface area (Å²) in [7, 11) is 2.06. The molecule has 0 saturated carbocycles. The first-order valence-corrected chi connectivity index (χ1v) is 7.71. The van der Waals surface area contributed by atoms with Crippen LogP contribution in [-0.2, 0) is 11.2 Å². The predicted octanol–water partition coefficient (Wildman–Crippen LogP) is 3.29. The van der Waals surface area contributed by atoms with Gasteiger partial charge in [-0.25, -0.2) is 4.98 Å². The Kier molecular flexibility index (Phi) is 4.41. The minimum Gasteiger partial charge on any atom is -0.311 e. The third kappa shape index (κ3) is 3.29. The van der Waals surface area contributed by atoms with Gasteiger partial charge < -0.3 is 5.32 Å². The first-order chi connectivity index (χ1) is 10.6. The fraction of sp³-hybridized carbons (Fsp3) is 0.294. The molecule has 1 atom stereocenters. The van der Waals surface area contributed by atoms with Crippen molar-refractivity contribution >= 4 is 23.3 Å². The highest BCUT2D eigenvalue weighted by atomic mass is 35.5. The van der Waals surface area contributed by atoms with Crippen molar-refractivity contribution in [1.82, 2.24) is 9.88 Å². The number of benzene rings is 1. The van der Waals surface area contributed by atoms with Gasteiger partial charge in [0.25, 0.3) is 0 Å². The number of fused-ring (bicyclic) bond motifs is 1. The van der Waals surface area contributed by atoms with Gasteiger partial charge >= 0.3 is 0 Å². The van der Waals surface area contributed by atoms with Gasteiger partial charge in [-0.2, -0.15) is 0 Å². The van der Waals surface area contributed by atoms with Gasteiger partial charge in [0.2, 0.25) is 5.91 Å². The second kappa shape index (κ2) is 6.46. The Morgan fingerprint density at radius 1 is 1.36 bits per heavy atom. The van der Waals surface area contributed by atoms with E-state index in [1.165, 1.54) is 17.3 Å². The molecule has 1 amide bonds. The van der Waals surface area contributed by atoms with Gasteiger partial charge in [-0.05, 0) is 36.7 Å². The summed E-state index contributed by atoms with van der Waals surface area (Å²) in [5.74, 6) is 0.490.